The summed E-state index contributed by atoms with van der Waals surface area (Å²) in [7, 11) is 0. The molecule has 0 saturated heterocycles. The van der Waals surface area contributed by atoms with E-state index in [9.17, 15) is 0 Å². The third-order valence-electron chi connectivity index (χ3n) is 4.68. The van der Waals surface area contributed by atoms with Crippen LogP contribution in [0.5, 0.6) is 0 Å². The molecule has 0 aliphatic heterocycles. The van der Waals surface area contributed by atoms with Crippen LogP contribution < -0.4 is 11.1 Å². The maximum Gasteiger partial charge on any atom is 0.0945 e. The summed E-state index contributed by atoms with van der Waals surface area (Å²) in [5, 5.41) is 13.7. The third kappa shape index (κ3) is 5.08. The van der Waals surface area contributed by atoms with Crippen molar-refractivity contribution in [3.8, 4) is 11.3 Å². The molecule has 5 nitrogen and oxygen atoms in total. The van der Waals surface area contributed by atoms with Gasteiger partial charge in [-0.1, -0.05) is 18.2 Å². The quantitative estimate of drug-likeness (QED) is 0.669. The molecule has 0 bridgehead atoms. The molecule has 0 unspecified atom stereocenters. The van der Waals surface area contributed by atoms with Crippen LogP contribution in [0.25, 0.3) is 22.2 Å². The maximum atomic E-state index is 5.73. The maximum absolute atomic E-state index is 5.73. The largest absolute Gasteiger partial charge is 0.330 e. The average molecular weight is 364 g/mol. The standard InChI is InChI=1S/C22H29N5/c1-21(2,11-12-23)27-22(3,4)14-18-9-10-20(26-25-18)17-13-16-7-5-6-8-19(16)24-15-17/h5-10,13,15,27H,11-12,14,23H2,1-4H3. The van der Waals surface area contributed by atoms with Gasteiger partial charge in [-0.3, -0.25) is 4.98 Å². The summed E-state index contributed by atoms with van der Waals surface area (Å²) in [6, 6.07) is 14.3. The van der Waals surface area contributed by atoms with E-state index in [0.29, 0.717) is 6.54 Å². The van der Waals surface area contributed by atoms with Crippen LogP contribution in [-0.4, -0.2) is 32.8 Å². The number of para-hydroxylation sites is 1. The summed E-state index contributed by atoms with van der Waals surface area (Å²) in [5.41, 5.74) is 9.39. The zero-order valence-electron chi connectivity index (χ0n) is 16.7. The van der Waals surface area contributed by atoms with Crippen LogP contribution in [-0.2, 0) is 6.42 Å². The van der Waals surface area contributed by atoms with Crippen molar-refractivity contribution in [2.24, 2.45) is 5.73 Å². The van der Waals surface area contributed by atoms with E-state index in [0.717, 1.165) is 40.7 Å². The fraction of sp³-hybridized carbons (Fsp3) is 0.409. The molecular formula is C22H29N5. The summed E-state index contributed by atoms with van der Waals surface area (Å²) >= 11 is 0. The fourth-order valence-corrected chi connectivity index (χ4v) is 3.66. The van der Waals surface area contributed by atoms with Crippen molar-refractivity contribution in [2.75, 3.05) is 6.54 Å². The van der Waals surface area contributed by atoms with Crippen LogP contribution >= 0.6 is 0 Å². The van der Waals surface area contributed by atoms with Crippen LogP contribution in [0.4, 0.5) is 0 Å². The molecule has 5 heteroatoms. The lowest BCUT2D eigenvalue weighted by molar-refractivity contribution is 0.251. The van der Waals surface area contributed by atoms with Crippen LogP contribution in [0.2, 0.25) is 0 Å². The summed E-state index contributed by atoms with van der Waals surface area (Å²) in [6.45, 7) is 9.42. The van der Waals surface area contributed by atoms with Gasteiger partial charge in [-0.05, 0) is 64.9 Å². The van der Waals surface area contributed by atoms with Gasteiger partial charge in [0.2, 0.25) is 0 Å². The van der Waals surface area contributed by atoms with Crippen molar-refractivity contribution in [3.63, 3.8) is 0 Å². The number of hydrogen-bond donors (Lipinski definition) is 2. The Morgan fingerprint density at radius 2 is 1.74 bits per heavy atom. The topological polar surface area (TPSA) is 76.7 Å². The van der Waals surface area contributed by atoms with Gasteiger partial charge in [0.25, 0.3) is 0 Å². The summed E-state index contributed by atoms with van der Waals surface area (Å²) in [4.78, 5) is 4.51. The Bertz CT molecular complexity index is 900. The Balaban J connectivity index is 1.74. The Labute approximate surface area is 161 Å². The molecule has 27 heavy (non-hydrogen) atoms. The molecule has 0 amide bonds. The van der Waals surface area contributed by atoms with Crippen LogP contribution in [0, 0.1) is 0 Å². The number of benzene rings is 1. The Hall–Kier alpha value is -2.37. The molecule has 1 aromatic carbocycles. The van der Waals surface area contributed by atoms with Crippen molar-refractivity contribution in [1.82, 2.24) is 20.5 Å². The van der Waals surface area contributed by atoms with E-state index >= 15 is 0 Å². The third-order valence-corrected chi connectivity index (χ3v) is 4.68. The number of fused-ring (bicyclic) bond motifs is 1. The number of aromatic nitrogens is 3. The molecule has 0 saturated carbocycles. The number of nitrogens with two attached hydrogens (primary N) is 1. The molecule has 2 heterocycles. The first-order chi connectivity index (χ1) is 12.8. The molecule has 0 aliphatic carbocycles. The van der Waals surface area contributed by atoms with Gasteiger partial charge in [-0.15, -0.1) is 0 Å². The van der Waals surface area contributed by atoms with E-state index in [1.54, 1.807) is 0 Å². The average Bonchev–Trinajstić information content (AvgIpc) is 2.60. The lowest BCUT2D eigenvalue weighted by Gasteiger charge is -2.37. The van der Waals surface area contributed by atoms with Gasteiger partial charge in [0.1, 0.15) is 0 Å². The Morgan fingerprint density at radius 1 is 0.963 bits per heavy atom. The fourth-order valence-electron chi connectivity index (χ4n) is 3.66. The number of pyridine rings is 1. The first-order valence-electron chi connectivity index (χ1n) is 9.45. The second-order valence-electron chi connectivity index (χ2n) is 8.43. The summed E-state index contributed by atoms with van der Waals surface area (Å²) in [5.74, 6) is 0. The SMILES string of the molecule is CC(C)(CCN)NC(C)(C)Cc1ccc(-c2cnc3ccccc3c2)nn1. The molecular weight excluding hydrogens is 334 g/mol. The number of hydrogen-bond acceptors (Lipinski definition) is 5. The zero-order valence-corrected chi connectivity index (χ0v) is 16.7. The second-order valence-corrected chi connectivity index (χ2v) is 8.43. The molecule has 3 N–H and O–H groups in total. The highest BCUT2D eigenvalue weighted by Gasteiger charge is 2.27. The molecule has 0 spiro atoms. The van der Waals surface area contributed by atoms with Gasteiger partial charge in [0.05, 0.1) is 16.9 Å². The molecule has 142 valence electrons. The lowest BCUT2D eigenvalue weighted by Crippen LogP contribution is -2.54. The predicted octanol–water partition coefficient (Wildman–Crippen LogP) is 3.73. The van der Waals surface area contributed by atoms with Gasteiger partial charge in [-0.2, -0.15) is 10.2 Å². The molecule has 3 rings (SSSR count). The molecule has 0 aliphatic rings. The van der Waals surface area contributed by atoms with Gasteiger partial charge >= 0.3 is 0 Å². The molecule has 0 atom stereocenters. The normalized spacial score (nSPS) is 12.5. The highest BCUT2D eigenvalue weighted by molar-refractivity contribution is 5.82. The van der Waals surface area contributed by atoms with Gasteiger partial charge in [-0.25, -0.2) is 0 Å². The molecule has 0 fully saturated rings. The highest BCUT2D eigenvalue weighted by atomic mass is 15.1. The molecule has 3 aromatic rings. The van der Waals surface area contributed by atoms with Crippen molar-refractivity contribution >= 4 is 10.9 Å². The number of rotatable bonds is 7. The zero-order chi connectivity index (χ0) is 19.5. The van der Waals surface area contributed by atoms with E-state index in [-0.39, 0.29) is 11.1 Å². The van der Waals surface area contributed by atoms with E-state index in [4.69, 9.17) is 5.73 Å². The first-order valence-corrected chi connectivity index (χ1v) is 9.45. The minimum absolute atomic E-state index is 0.0115. The first kappa shape index (κ1) is 19.4. The van der Waals surface area contributed by atoms with Crippen molar-refractivity contribution in [1.29, 1.82) is 0 Å². The minimum atomic E-state index is -0.0978. The van der Waals surface area contributed by atoms with Gasteiger partial charge in [0.15, 0.2) is 0 Å². The van der Waals surface area contributed by atoms with Gasteiger partial charge in [0, 0.05) is 34.6 Å². The highest BCUT2D eigenvalue weighted by Crippen LogP contribution is 2.22. The number of nitrogens with one attached hydrogen (secondary N) is 1. The van der Waals surface area contributed by atoms with Crippen LogP contribution in [0.15, 0.2) is 48.7 Å². The summed E-state index contributed by atoms with van der Waals surface area (Å²) in [6.07, 6.45) is 3.58. The molecule has 0 radical (unpaired) electrons. The van der Waals surface area contributed by atoms with E-state index in [2.05, 4.69) is 66.4 Å². The van der Waals surface area contributed by atoms with Gasteiger partial charge < -0.3 is 11.1 Å². The van der Waals surface area contributed by atoms with E-state index < -0.39 is 0 Å². The lowest BCUT2D eigenvalue weighted by atomic mass is 9.91. The van der Waals surface area contributed by atoms with E-state index in [1.165, 1.54) is 0 Å². The minimum Gasteiger partial charge on any atom is -0.330 e. The van der Waals surface area contributed by atoms with Crippen LogP contribution in [0.3, 0.4) is 0 Å². The van der Waals surface area contributed by atoms with Crippen molar-refractivity contribution in [3.05, 3.63) is 54.4 Å². The Kier molecular flexibility index (Phi) is 5.53. The smallest absolute Gasteiger partial charge is 0.0945 e. The second kappa shape index (κ2) is 7.71. The van der Waals surface area contributed by atoms with Crippen molar-refractivity contribution < 1.29 is 0 Å². The number of nitrogens with zero attached hydrogens (tertiary/aromatic N) is 3. The van der Waals surface area contributed by atoms with E-state index in [1.807, 2.05) is 30.5 Å². The van der Waals surface area contributed by atoms with Crippen molar-refractivity contribution in [2.45, 2.75) is 51.6 Å². The Morgan fingerprint density at radius 3 is 2.44 bits per heavy atom. The summed E-state index contributed by atoms with van der Waals surface area (Å²) < 4.78 is 0. The predicted molar refractivity (Wildman–Crippen MR) is 111 cm³/mol. The molecule has 2 aromatic heterocycles. The van der Waals surface area contributed by atoms with Crippen LogP contribution in [0.1, 0.15) is 39.8 Å². The monoisotopic (exact) mass is 363 g/mol.